The van der Waals surface area contributed by atoms with Crippen molar-refractivity contribution in [3.63, 3.8) is 0 Å². The molecule has 5 nitrogen and oxygen atoms in total. The summed E-state index contributed by atoms with van der Waals surface area (Å²) in [5.41, 5.74) is 5.74. The molecule has 2 aliphatic rings. The summed E-state index contributed by atoms with van der Waals surface area (Å²) in [4.78, 5) is 4.51. The van der Waals surface area contributed by atoms with E-state index >= 15 is 0 Å². The van der Waals surface area contributed by atoms with Crippen molar-refractivity contribution in [2.24, 2.45) is 11.7 Å². The molecule has 1 heterocycles. The molecule has 19 heavy (non-hydrogen) atoms. The van der Waals surface area contributed by atoms with Crippen LogP contribution >= 0.6 is 0 Å². The van der Waals surface area contributed by atoms with Crippen molar-refractivity contribution in [3.05, 3.63) is 11.7 Å². The van der Waals surface area contributed by atoms with Crippen molar-refractivity contribution in [2.75, 3.05) is 6.61 Å². The van der Waals surface area contributed by atoms with E-state index in [4.69, 9.17) is 15.0 Å². The second-order valence-electron chi connectivity index (χ2n) is 5.89. The second-order valence-corrected chi connectivity index (χ2v) is 5.89. The van der Waals surface area contributed by atoms with Crippen molar-refractivity contribution >= 4 is 0 Å². The van der Waals surface area contributed by atoms with Crippen LogP contribution in [0.5, 0.6) is 0 Å². The predicted octanol–water partition coefficient (Wildman–Crippen LogP) is 2.68. The Morgan fingerprint density at radius 1 is 1.37 bits per heavy atom. The van der Waals surface area contributed by atoms with Crippen LogP contribution in [0.1, 0.15) is 69.7 Å². The lowest BCUT2D eigenvalue weighted by atomic mass is 9.85. The summed E-state index contributed by atoms with van der Waals surface area (Å²) in [7, 11) is 0. The summed E-state index contributed by atoms with van der Waals surface area (Å²) in [6.07, 6.45) is 8.14. The standard InChI is InChI=1S/C14H23N3O2/c1-2-18-11(10-6-4-3-5-7-10)12-16-13(19-17-12)14(15)8-9-14/h10-11H,2-9,15H2,1H3. The SMILES string of the molecule is CCOC(c1noc(C2(N)CC2)n1)C1CCCCC1. The van der Waals surface area contributed by atoms with Crippen molar-refractivity contribution in [2.45, 2.75) is 63.5 Å². The van der Waals surface area contributed by atoms with E-state index in [-0.39, 0.29) is 11.6 Å². The third kappa shape index (κ3) is 2.67. The highest BCUT2D eigenvalue weighted by atomic mass is 16.5. The first kappa shape index (κ1) is 13.1. The van der Waals surface area contributed by atoms with Crippen molar-refractivity contribution < 1.29 is 9.26 Å². The largest absolute Gasteiger partial charge is 0.370 e. The molecule has 3 rings (SSSR count). The van der Waals surface area contributed by atoms with Gasteiger partial charge in [-0.1, -0.05) is 24.4 Å². The fraction of sp³-hybridized carbons (Fsp3) is 0.857. The lowest BCUT2D eigenvalue weighted by Crippen LogP contribution is -2.22. The zero-order valence-electron chi connectivity index (χ0n) is 11.6. The molecule has 5 heteroatoms. The lowest BCUT2D eigenvalue weighted by Gasteiger charge is -2.27. The Morgan fingerprint density at radius 2 is 2.11 bits per heavy atom. The van der Waals surface area contributed by atoms with Gasteiger partial charge in [-0.3, -0.25) is 0 Å². The van der Waals surface area contributed by atoms with Gasteiger partial charge < -0.3 is 15.0 Å². The van der Waals surface area contributed by atoms with Crippen LogP contribution in [0, 0.1) is 5.92 Å². The number of hydrogen-bond donors (Lipinski definition) is 1. The fourth-order valence-electron chi connectivity index (χ4n) is 2.94. The fourth-order valence-corrected chi connectivity index (χ4v) is 2.94. The maximum atomic E-state index is 6.10. The minimum absolute atomic E-state index is 0.0230. The molecule has 1 aromatic heterocycles. The molecule has 0 spiro atoms. The van der Waals surface area contributed by atoms with Gasteiger partial charge in [-0.25, -0.2) is 0 Å². The number of nitrogens with two attached hydrogens (primary N) is 1. The summed E-state index contributed by atoms with van der Waals surface area (Å²) < 4.78 is 11.2. The van der Waals surface area contributed by atoms with Crippen LogP contribution in [0.3, 0.4) is 0 Å². The van der Waals surface area contributed by atoms with Gasteiger partial charge in [0.25, 0.3) is 0 Å². The Hall–Kier alpha value is -0.940. The average Bonchev–Trinajstić information content (AvgIpc) is 3.01. The zero-order chi connectivity index (χ0) is 13.3. The Balaban J connectivity index is 1.76. The van der Waals surface area contributed by atoms with Crippen LogP contribution < -0.4 is 5.73 Å². The van der Waals surface area contributed by atoms with E-state index in [9.17, 15) is 0 Å². The Bertz CT molecular complexity index is 422. The van der Waals surface area contributed by atoms with E-state index in [2.05, 4.69) is 10.1 Å². The molecule has 2 aliphatic carbocycles. The van der Waals surface area contributed by atoms with Gasteiger partial charge in [0.15, 0.2) is 0 Å². The van der Waals surface area contributed by atoms with Gasteiger partial charge in [0.05, 0.1) is 5.54 Å². The molecule has 0 saturated heterocycles. The number of aromatic nitrogens is 2. The predicted molar refractivity (Wildman–Crippen MR) is 70.3 cm³/mol. The molecule has 0 bridgehead atoms. The molecule has 0 amide bonds. The van der Waals surface area contributed by atoms with E-state index in [0.29, 0.717) is 24.2 Å². The normalized spacial score (nSPS) is 24.3. The van der Waals surface area contributed by atoms with Crippen LogP contribution in [0.4, 0.5) is 0 Å². The quantitative estimate of drug-likeness (QED) is 0.886. The number of nitrogens with zero attached hydrogens (tertiary/aromatic N) is 2. The lowest BCUT2D eigenvalue weighted by molar-refractivity contribution is -0.00145. The second kappa shape index (κ2) is 5.21. The Kier molecular flexibility index (Phi) is 3.58. The molecule has 1 aromatic rings. The van der Waals surface area contributed by atoms with Gasteiger partial charge in [-0.2, -0.15) is 4.98 Å². The van der Waals surface area contributed by atoms with Gasteiger partial charge in [0.1, 0.15) is 6.10 Å². The van der Waals surface area contributed by atoms with Gasteiger partial charge in [-0.15, -0.1) is 0 Å². The Morgan fingerprint density at radius 3 is 2.74 bits per heavy atom. The van der Waals surface area contributed by atoms with Crippen LogP contribution in [0.15, 0.2) is 4.52 Å². The topological polar surface area (TPSA) is 74.2 Å². The van der Waals surface area contributed by atoms with Gasteiger partial charge in [0.2, 0.25) is 11.7 Å². The van der Waals surface area contributed by atoms with Crippen molar-refractivity contribution in [1.29, 1.82) is 0 Å². The highest BCUT2D eigenvalue weighted by Crippen LogP contribution is 2.43. The highest BCUT2D eigenvalue weighted by molar-refractivity contribution is 5.12. The molecule has 0 aliphatic heterocycles. The molecular formula is C14H23N3O2. The molecule has 1 unspecified atom stereocenters. The van der Waals surface area contributed by atoms with Crippen LogP contribution in [0.25, 0.3) is 0 Å². The van der Waals surface area contributed by atoms with E-state index < -0.39 is 0 Å². The van der Waals surface area contributed by atoms with Crippen molar-refractivity contribution in [1.82, 2.24) is 10.1 Å². The maximum absolute atomic E-state index is 6.10. The van der Waals surface area contributed by atoms with Gasteiger partial charge >= 0.3 is 0 Å². The van der Waals surface area contributed by atoms with E-state index in [1.807, 2.05) is 6.92 Å². The van der Waals surface area contributed by atoms with E-state index in [0.717, 1.165) is 12.8 Å². The maximum Gasteiger partial charge on any atom is 0.246 e. The number of ether oxygens (including phenoxy) is 1. The minimum atomic E-state index is -0.353. The third-order valence-electron chi connectivity index (χ3n) is 4.34. The number of hydrogen-bond acceptors (Lipinski definition) is 5. The molecule has 0 radical (unpaired) electrons. The summed E-state index contributed by atoms with van der Waals surface area (Å²) in [5, 5.41) is 4.13. The first-order valence-corrected chi connectivity index (χ1v) is 7.47. The molecule has 2 saturated carbocycles. The molecule has 2 N–H and O–H groups in total. The van der Waals surface area contributed by atoms with Crippen LogP contribution in [0.2, 0.25) is 0 Å². The molecule has 1 atom stereocenters. The minimum Gasteiger partial charge on any atom is -0.370 e. The van der Waals surface area contributed by atoms with E-state index in [1.54, 1.807) is 0 Å². The first-order valence-electron chi connectivity index (χ1n) is 7.47. The van der Waals surface area contributed by atoms with Crippen LogP contribution in [-0.4, -0.2) is 16.7 Å². The third-order valence-corrected chi connectivity index (χ3v) is 4.34. The molecule has 2 fully saturated rings. The van der Waals surface area contributed by atoms with Gasteiger partial charge in [0, 0.05) is 6.61 Å². The summed E-state index contributed by atoms with van der Waals surface area (Å²) in [6.45, 7) is 2.70. The zero-order valence-corrected chi connectivity index (χ0v) is 11.6. The summed E-state index contributed by atoms with van der Waals surface area (Å²) in [6, 6.07) is 0. The smallest absolute Gasteiger partial charge is 0.246 e. The first-order chi connectivity index (χ1) is 9.23. The summed E-state index contributed by atoms with van der Waals surface area (Å²) >= 11 is 0. The number of rotatable bonds is 5. The Labute approximate surface area is 113 Å². The monoisotopic (exact) mass is 265 g/mol. The van der Waals surface area contributed by atoms with Gasteiger partial charge in [-0.05, 0) is 38.5 Å². The van der Waals surface area contributed by atoms with Crippen molar-refractivity contribution in [3.8, 4) is 0 Å². The molecule has 106 valence electrons. The molecular weight excluding hydrogens is 242 g/mol. The van der Waals surface area contributed by atoms with E-state index in [1.165, 1.54) is 32.1 Å². The highest BCUT2D eigenvalue weighted by Gasteiger charge is 2.46. The average molecular weight is 265 g/mol. The summed E-state index contributed by atoms with van der Waals surface area (Å²) in [5.74, 6) is 1.80. The van der Waals surface area contributed by atoms with Crippen LogP contribution in [-0.2, 0) is 10.3 Å². The molecule has 0 aromatic carbocycles.